The van der Waals surface area contributed by atoms with Gasteiger partial charge in [0.15, 0.2) is 0 Å². The zero-order valence-electron chi connectivity index (χ0n) is 10.1. The van der Waals surface area contributed by atoms with Crippen LogP contribution in [0.15, 0.2) is 39.3 Å². The Bertz CT molecular complexity index is 626. The van der Waals surface area contributed by atoms with Crippen molar-refractivity contribution in [3.63, 3.8) is 0 Å². The molecule has 0 aromatic heterocycles. The first-order valence-corrected chi connectivity index (χ1v) is 7.32. The molecule has 0 fully saturated rings. The Morgan fingerprint density at radius 3 is 2.30 bits per heavy atom. The lowest BCUT2D eigenvalue weighted by Gasteiger charge is -2.16. The van der Waals surface area contributed by atoms with Crippen molar-refractivity contribution in [1.29, 1.82) is 0 Å². The van der Waals surface area contributed by atoms with Crippen LogP contribution >= 0.6 is 31.9 Å². The normalized spacial score (nSPS) is 12.5. The third kappa shape index (κ3) is 3.07. The molecule has 1 nitrogen and oxygen atoms in total. The summed E-state index contributed by atoms with van der Waals surface area (Å²) in [5.74, 6) is -1.93. The number of nitrogens with two attached hydrogens (primary N) is 1. The first kappa shape index (κ1) is 15.5. The molecule has 0 aliphatic carbocycles. The molecule has 2 aromatic rings. The Labute approximate surface area is 131 Å². The minimum absolute atomic E-state index is 0.142. The van der Waals surface area contributed by atoms with Crippen molar-refractivity contribution in [3.8, 4) is 0 Å². The summed E-state index contributed by atoms with van der Waals surface area (Å²) in [5.41, 5.74) is 5.93. The highest BCUT2D eigenvalue weighted by Crippen LogP contribution is 2.30. The molecule has 0 saturated carbocycles. The van der Waals surface area contributed by atoms with Gasteiger partial charge in [0.25, 0.3) is 0 Å². The zero-order chi connectivity index (χ0) is 14.9. The molecule has 106 valence electrons. The summed E-state index contributed by atoms with van der Waals surface area (Å²) in [6.07, 6.45) is -0.142. The lowest BCUT2D eigenvalue weighted by molar-refractivity contribution is 0.524. The molecule has 0 aliphatic rings. The molecule has 6 heteroatoms. The van der Waals surface area contributed by atoms with Crippen LogP contribution in [0.2, 0.25) is 0 Å². The van der Waals surface area contributed by atoms with Crippen LogP contribution in [0, 0.1) is 17.5 Å². The predicted octanol–water partition coefficient (Wildman–Crippen LogP) is 4.87. The van der Waals surface area contributed by atoms with Crippen molar-refractivity contribution >= 4 is 31.9 Å². The number of hydrogen-bond donors (Lipinski definition) is 1. The van der Waals surface area contributed by atoms with E-state index in [0.717, 1.165) is 6.07 Å². The lowest BCUT2D eigenvalue weighted by Crippen LogP contribution is -2.17. The molecular formula is C14H10Br2F3N. The molecule has 0 bridgehead atoms. The Hall–Kier alpha value is -0.850. The van der Waals surface area contributed by atoms with Gasteiger partial charge in [0.1, 0.15) is 17.5 Å². The van der Waals surface area contributed by atoms with E-state index in [4.69, 9.17) is 5.73 Å². The average Bonchev–Trinajstić information content (AvgIpc) is 2.39. The summed E-state index contributed by atoms with van der Waals surface area (Å²) in [6.45, 7) is 0. The van der Waals surface area contributed by atoms with E-state index in [-0.39, 0.29) is 22.0 Å². The van der Waals surface area contributed by atoms with E-state index in [1.54, 1.807) is 6.07 Å². The Balaban J connectivity index is 2.38. The van der Waals surface area contributed by atoms with Crippen LogP contribution in [0.25, 0.3) is 0 Å². The first-order valence-electron chi connectivity index (χ1n) is 5.73. The number of rotatable bonds is 3. The van der Waals surface area contributed by atoms with Crippen molar-refractivity contribution in [3.05, 3.63) is 67.9 Å². The first-order chi connectivity index (χ1) is 9.41. The second kappa shape index (κ2) is 6.28. The molecule has 0 aliphatic heterocycles. The maximum Gasteiger partial charge on any atom is 0.143 e. The van der Waals surface area contributed by atoms with E-state index in [0.29, 0.717) is 4.47 Å². The van der Waals surface area contributed by atoms with E-state index < -0.39 is 23.5 Å². The standard InChI is InChI=1S/C14H10Br2F3N/c15-8-2-1-3-11(18)13(8)12(20)6-7-10(17)5-4-9(16)14(7)19/h1-5,12H,6,20H2. The summed E-state index contributed by atoms with van der Waals surface area (Å²) in [6, 6.07) is 5.98. The van der Waals surface area contributed by atoms with Crippen LogP contribution in [0.3, 0.4) is 0 Å². The van der Waals surface area contributed by atoms with Gasteiger partial charge >= 0.3 is 0 Å². The molecule has 0 amide bonds. The van der Waals surface area contributed by atoms with E-state index in [1.165, 1.54) is 18.2 Å². The van der Waals surface area contributed by atoms with Crippen LogP contribution in [0.5, 0.6) is 0 Å². The van der Waals surface area contributed by atoms with Gasteiger partial charge in [0, 0.05) is 21.6 Å². The Kier molecular flexibility index (Phi) is 4.88. The molecule has 0 heterocycles. The topological polar surface area (TPSA) is 26.0 Å². The van der Waals surface area contributed by atoms with E-state index in [9.17, 15) is 13.2 Å². The van der Waals surface area contributed by atoms with Crippen LogP contribution in [0.1, 0.15) is 17.2 Å². The van der Waals surface area contributed by atoms with Gasteiger partial charge in [-0.25, -0.2) is 13.2 Å². The summed E-state index contributed by atoms with van der Waals surface area (Å²) < 4.78 is 42.0. The fraction of sp³-hybridized carbons (Fsp3) is 0.143. The fourth-order valence-corrected chi connectivity index (χ4v) is 2.95. The van der Waals surface area contributed by atoms with E-state index in [1.807, 2.05) is 0 Å². The van der Waals surface area contributed by atoms with Gasteiger partial charge in [0.2, 0.25) is 0 Å². The van der Waals surface area contributed by atoms with Gasteiger partial charge in [-0.15, -0.1) is 0 Å². The van der Waals surface area contributed by atoms with E-state index >= 15 is 0 Å². The highest BCUT2D eigenvalue weighted by molar-refractivity contribution is 9.10. The molecule has 1 unspecified atom stereocenters. The lowest BCUT2D eigenvalue weighted by atomic mass is 9.98. The molecule has 2 aromatic carbocycles. The second-order valence-electron chi connectivity index (χ2n) is 4.27. The maximum atomic E-state index is 13.9. The van der Waals surface area contributed by atoms with Gasteiger partial charge in [-0.3, -0.25) is 0 Å². The van der Waals surface area contributed by atoms with E-state index in [2.05, 4.69) is 31.9 Å². The molecule has 20 heavy (non-hydrogen) atoms. The summed E-state index contributed by atoms with van der Waals surface area (Å²) in [4.78, 5) is 0. The third-order valence-electron chi connectivity index (χ3n) is 2.93. The van der Waals surface area contributed by atoms with Crippen molar-refractivity contribution in [2.75, 3.05) is 0 Å². The largest absolute Gasteiger partial charge is 0.324 e. The van der Waals surface area contributed by atoms with Crippen LogP contribution in [0.4, 0.5) is 13.2 Å². The maximum absolute atomic E-state index is 13.9. The molecule has 0 saturated heterocycles. The Morgan fingerprint density at radius 2 is 1.65 bits per heavy atom. The molecule has 1 atom stereocenters. The number of benzene rings is 2. The summed E-state index contributed by atoms with van der Waals surface area (Å²) >= 11 is 6.19. The van der Waals surface area contributed by atoms with Gasteiger partial charge < -0.3 is 5.73 Å². The molecule has 0 spiro atoms. The fourth-order valence-electron chi connectivity index (χ4n) is 1.94. The smallest absolute Gasteiger partial charge is 0.143 e. The molecular weight excluding hydrogens is 399 g/mol. The van der Waals surface area contributed by atoms with Crippen molar-refractivity contribution in [2.24, 2.45) is 5.73 Å². The van der Waals surface area contributed by atoms with Gasteiger partial charge in [-0.2, -0.15) is 0 Å². The Morgan fingerprint density at radius 1 is 0.950 bits per heavy atom. The van der Waals surface area contributed by atoms with Crippen molar-refractivity contribution in [2.45, 2.75) is 12.5 Å². The highest BCUT2D eigenvalue weighted by atomic mass is 79.9. The minimum atomic E-state index is -0.858. The van der Waals surface area contributed by atoms with Crippen LogP contribution in [-0.2, 0) is 6.42 Å². The monoisotopic (exact) mass is 407 g/mol. The molecule has 2 N–H and O–H groups in total. The van der Waals surface area contributed by atoms with Gasteiger partial charge in [-0.1, -0.05) is 22.0 Å². The van der Waals surface area contributed by atoms with Gasteiger partial charge in [0.05, 0.1) is 4.47 Å². The quantitative estimate of drug-likeness (QED) is 0.720. The molecule has 0 radical (unpaired) electrons. The number of hydrogen-bond acceptors (Lipinski definition) is 1. The number of halogens is 5. The average molecular weight is 409 g/mol. The predicted molar refractivity (Wildman–Crippen MR) is 78.8 cm³/mol. The van der Waals surface area contributed by atoms with Crippen LogP contribution < -0.4 is 5.73 Å². The van der Waals surface area contributed by atoms with Crippen LogP contribution in [-0.4, -0.2) is 0 Å². The van der Waals surface area contributed by atoms with Crippen molar-refractivity contribution in [1.82, 2.24) is 0 Å². The minimum Gasteiger partial charge on any atom is -0.324 e. The van der Waals surface area contributed by atoms with Gasteiger partial charge in [-0.05, 0) is 46.6 Å². The SMILES string of the molecule is NC(Cc1c(F)ccc(Br)c1F)c1c(F)cccc1Br. The van der Waals surface area contributed by atoms with Crippen molar-refractivity contribution < 1.29 is 13.2 Å². The molecule has 2 rings (SSSR count). The highest BCUT2D eigenvalue weighted by Gasteiger charge is 2.20. The zero-order valence-corrected chi connectivity index (χ0v) is 13.3. The summed E-state index contributed by atoms with van der Waals surface area (Å²) in [7, 11) is 0. The second-order valence-corrected chi connectivity index (χ2v) is 5.98. The third-order valence-corrected chi connectivity index (χ3v) is 4.24. The summed E-state index contributed by atoms with van der Waals surface area (Å²) in [5, 5.41) is 0.